The van der Waals surface area contributed by atoms with Crippen LogP contribution < -0.4 is 11.4 Å². The van der Waals surface area contributed by atoms with Gasteiger partial charge in [0, 0.05) is 5.56 Å². The van der Waals surface area contributed by atoms with Crippen molar-refractivity contribution in [2.45, 2.75) is 12.7 Å². The van der Waals surface area contributed by atoms with Crippen molar-refractivity contribution in [2.75, 3.05) is 5.73 Å². The van der Waals surface area contributed by atoms with E-state index >= 15 is 0 Å². The van der Waals surface area contributed by atoms with Crippen LogP contribution in [-0.2, 0) is 12.7 Å². The van der Waals surface area contributed by atoms with Crippen LogP contribution in [0.5, 0.6) is 0 Å². The minimum atomic E-state index is -4.53. The number of halogens is 5. The van der Waals surface area contributed by atoms with Crippen molar-refractivity contribution in [3.8, 4) is 11.3 Å². The topological polar surface area (TPSA) is 80.6 Å². The smallest absolute Gasteiger partial charge is 0.382 e. The van der Waals surface area contributed by atoms with Gasteiger partial charge in [0.1, 0.15) is 5.69 Å². The van der Waals surface area contributed by atoms with Crippen LogP contribution in [0.3, 0.4) is 0 Å². The molecule has 3 rings (SSSR count). The Morgan fingerprint density at radius 2 is 1.78 bits per heavy atom. The molecule has 5 nitrogen and oxygen atoms in total. The highest BCUT2D eigenvalue weighted by molar-refractivity contribution is 6.43. The van der Waals surface area contributed by atoms with E-state index in [-0.39, 0.29) is 39.3 Å². The van der Waals surface area contributed by atoms with Crippen LogP contribution in [0.1, 0.15) is 11.1 Å². The minimum Gasteiger partial charge on any atom is -0.382 e. The monoisotopic (exact) mass is 413 g/mol. The van der Waals surface area contributed by atoms with E-state index in [1.165, 1.54) is 18.2 Å². The predicted molar refractivity (Wildman–Crippen MR) is 96.3 cm³/mol. The van der Waals surface area contributed by atoms with Crippen LogP contribution in [-0.4, -0.2) is 14.8 Å². The number of hydrogen-bond acceptors (Lipinski definition) is 4. The Bertz CT molecular complexity index is 1060. The van der Waals surface area contributed by atoms with E-state index in [9.17, 15) is 13.2 Å². The molecular weight excluding hydrogens is 402 g/mol. The van der Waals surface area contributed by atoms with Crippen molar-refractivity contribution in [2.24, 2.45) is 0 Å². The molecule has 0 aliphatic rings. The normalized spacial score (nSPS) is 11.6. The zero-order valence-electron chi connectivity index (χ0n) is 13.6. The molecule has 0 radical (unpaired) electrons. The Kier molecular flexibility index (Phi) is 5.12. The van der Waals surface area contributed by atoms with E-state index in [0.717, 1.165) is 10.7 Å². The fourth-order valence-electron chi connectivity index (χ4n) is 2.53. The Morgan fingerprint density at radius 3 is 2.48 bits per heavy atom. The average molecular weight is 414 g/mol. The number of rotatable bonds is 3. The average Bonchev–Trinajstić information content (AvgIpc) is 2.60. The highest BCUT2D eigenvalue weighted by Gasteiger charge is 2.33. The Hall–Kier alpha value is -2.58. The summed E-state index contributed by atoms with van der Waals surface area (Å²) < 4.78 is 40.7. The van der Waals surface area contributed by atoms with Gasteiger partial charge in [-0.25, -0.2) is 4.68 Å². The van der Waals surface area contributed by atoms with Crippen LogP contribution >= 0.6 is 23.2 Å². The van der Waals surface area contributed by atoms with Gasteiger partial charge in [0.15, 0.2) is 5.82 Å². The molecule has 27 heavy (non-hydrogen) atoms. The number of alkyl halides is 3. The van der Waals surface area contributed by atoms with Gasteiger partial charge in [0.25, 0.3) is 0 Å². The summed E-state index contributed by atoms with van der Waals surface area (Å²) in [5, 5.41) is 12.5. The fraction of sp³-hybridized carbons (Fsp3) is 0.118. The van der Waals surface area contributed by atoms with Crippen molar-refractivity contribution in [1.29, 1.82) is 5.41 Å². The molecule has 1 aromatic heterocycles. The molecule has 140 valence electrons. The standard InChI is InChI=1S/C17H12Cl2F3N5/c18-12-7-3-5-10(13(12)19)14-15(23)25-16(24)27(26-14)8-9-4-1-2-6-11(9)17(20,21)22/h1-7H,8H2,(H3,23,24,25). The number of nitrogens with two attached hydrogens (primary N) is 1. The highest BCUT2D eigenvalue weighted by Crippen LogP contribution is 2.34. The van der Waals surface area contributed by atoms with Crippen molar-refractivity contribution in [3.63, 3.8) is 0 Å². The maximum Gasteiger partial charge on any atom is 0.416 e. The van der Waals surface area contributed by atoms with Gasteiger partial charge in [-0.1, -0.05) is 53.5 Å². The van der Waals surface area contributed by atoms with E-state index in [1.807, 2.05) is 0 Å². The molecular formula is C17H12Cl2F3N5. The van der Waals surface area contributed by atoms with Gasteiger partial charge in [-0.15, -0.1) is 0 Å². The summed E-state index contributed by atoms with van der Waals surface area (Å²) in [6.07, 6.45) is -4.53. The van der Waals surface area contributed by atoms with Gasteiger partial charge in [-0.05, 0) is 17.7 Å². The Balaban J connectivity index is 2.12. The van der Waals surface area contributed by atoms with E-state index in [4.69, 9.17) is 34.3 Å². The molecule has 0 aliphatic heterocycles. The van der Waals surface area contributed by atoms with Crippen molar-refractivity contribution >= 4 is 29.0 Å². The molecule has 0 spiro atoms. The van der Waals surface area contributed by atoms with Crippen LogP contribution in [0.25, 0.3) is 11.3 Å². The number of benzene rings is 2. The first-order valence-corrected chi connectivity index (χ1v) is 8.33. The molecule has 2 aromatic carbocycles. The number of hydrogen-bond donors (Lipinski definition) is 2. The quantitative estimate of drug-likeness (QED) is 0.668. The molecule has 0 fully saturated rings. The number of nitrogens with zero attached hydrogens (tertiary/aromatic N) is 3. The second-order valence-electron chi connectivity index (χ2n) is 5.58. The zero-order chi connectivity index (χ0) is 19.8. The van der Waals surface area contributed by atoms with Gasteiger partial charge in [0.05, 0.1) is 22.2 Å². The maximum absolute atomic E-state index is 13.2. The van der Waals surface area contributed by atoms with E-state index in [2.05, 4.69) is 10.1 Å². The number of aromatic nitrogens is 3. The van der Waals surface area contributed by atoms with E-state index in [1.54, 1.807) is 18.2 Å². The molecule has 0 aliphatic carbocycles. The molecule has 3 N–H and O–H groups in total. The summed E-state index contributed by atoms with van der Waals surface area (Å²) in [7, 11) is 0. The van der Waals surface area contributed by atoms with E-state index < -0.39 is 11.7 Å². The second kappa shape index (κ2) is 7.21. The van der Waals surface area contributed by atoms with Gasteiger partial charge < -0.3 is 5.73 Å². The lowest BCUT2D eigenvalue weighted by Crippen LogP contribution is -2.29. The van der Waals surface area contributed by atoms with Crippen LogP contribution in [0, 0.1) is 5.41 Å². The van der Waals surface area contributed by atoms with Gasteiger partial charge in [-0.2, -0.15) is 23.3 Å². The molecule has 0 unspecified atom stereocenters. The second-order valence-corrected chi connectivity index (χ2v) is 6.37. The van der Waals surface area contributed by atoms with E-state index in [0.29, 0.717) is 5.56 Å². The largest absolute Gasteiger partial charge is 0.416 e. The van der Waals surface area contributed by atoms with Crippen molar-refractivity contribution in [1.82, 2.24) is 14.8 Å². The fourth-order valence-corrected chi connectivity index (χ4v) is 2.92. The molecule has 0 atom stereocenters. The summed E-state index contributed by atoms with van der Waals surface area (Å²) in [5.41, 5.74) is 5.10. The first kappa shape index (κ1) is 19.2. The highest BCUT2D eigenvalue weighted by atomic mass is 35.5. The molecule has 0 amide bonds. The van der Waals surface area contributed by atoms with Crippen LogP contribution in [0.4, 0.5) is 19.0 Å². The zero-order valence-corrected chi connectivity index (χ0v) is 15.1. The Morgan fingerprint density at radius 1 is 1.07 bits per heavy atom. The summed E-state index contributed by atoms with van der Waals surface area (Å²) in [6, 6.07) is 9.87. The summed E-state index contributed by atoms with van der Waals surface area (Å²) in [4.78, 5) is 3.87. The third-order valence-electron chi connectivity index (χ3n) is 3.78. The predicted octanol–water partition coefficient (Wildman–Crippen LogP) is 4.38. The number of nitrogen functional groups attached to an aromatic ring is 1. The molecule has 1 heterocycles. The first-order chi connectivity index (χ1) is 12.7. The van der Waals surface area contributed by atoms with Crippen molar-refractivity contribution < 1.29 is 13.2 Å². The number of nitrogens with one attached hydrogen (secondary N) is 1. The molecule has 0 bridgehead atoms. The summed E-state index contributed by atoms with van der Waals surface area (Å²) in [6.45, 7) is -0.313. The Labute approximate surface area is 161 Å². The van der Waals surface area contributed by atoms with Crippen LogP contribution in [0.15, 0.2) is 42.5 Å². The third-order valence-corrected chi connectivity index (χ3v) is 4.60. The van der Waals surface area contributed by atoms with Crippen LogP contribution in [0.2, 0.25) is 10.0 Å². The molecule has 10 heteroatoms. The molecule has 0 saturated heterocycles. The maximum atomic E-state index is 13.2. The summed E-state index contributed by atoms with van der Waals surface area (Å²) >= 11 is 12.2. The lowest BCUT2D eigenvalue weighted by Gasteiger charge is -2.15. The molecule has 0 saturated carbocycles. The SMILES string of the molecule is N=c1nc(N)c(-c2cccc(Cl)c2Cl)nn1Cc1ccccc1C(F)(F)F. The number of anilines is 1. The molecule has 3 aromatic rings. The lowest BCUT2D eigenvalue weighted by atomic mass is 10.1. The van der Waals surface area contributed by atoms with Gasteiger partial charge in [-0.3, -0.25) is 5.41 Å². The third kappa shape index (κ3) is 3.91. The summed E-state index contributed by atoms with van der Waals surface area (Å²) in [5.74, 6) is -0.0791. The van der Waals surface area contributed by atoms with Crippen molar-refractivity contribution in [3.05, 3.63) is 69.3 Å². The first-order valence-electron chi connectivity index (χ1n) is 7.57. The lowest BCUT2D eigenvalue weighted by molar-refractivity contribution is -0.138. The van der Waals surface area contributed by atoms with Gasteiger partial charge >= 0.3 is 6.18 Å². The minimum absolute atomic E-state index is 0.0503. The van der Waals surface area contributed by atoms with Gasteiger partial charge in [0.2, 0.25) is 5.62 Å².